The van der Waals surface area contributed by atoms with Gasteiger partial charge in [-0.25, -0.2) is 18.1 Å². The summed E-state index contributed by atoms with van der Waals surface area (Å²) in [7, 11) is -3.20. The van der Waals surface area contributed by atoms with Crippen molar-refractivity contribution in [2.45, 2.75) is 25.4 Å². The monoisotopic (exact) mass is 417 g/mol. The zero-order chi connectivity index (χ0) is 20.3. The normalized spacial score (nSPS) is 11.8. The summed E-state index contributed by atoms with van der Waals surface area (Å²) in [4.78, 5) is 17.9. The lowest BCUT2D eigenvalue weighted by Gasteiger charge is -2.14. The molecule has 0 bridgehead atoms. The van der Waals surface area contributed by atoms with Crippen LogP contribution in [0.25, 0.3) is 16.6 Å². The Bertz CT molecular complexity index is 1150. The molecule has 2 aromatic carbocycles. The number of aryl methyl sites for hydroxylation is 2. The van der Waals surface area contributed by atoms with Gasteiger partial charge in [0.1, 0.15) is 0 Å². The summed E-state index contributed by atoms with van der Waals surface area (Å²) in [6, 6.07) is 13.3. The van der Waals surface area contributed by atoms with Crippen molar-refractivity contribution in [2.24, 2.45) is 0 Å². The van der Waals surface area contributed by atoms with E-state index in [4.69, 9.17) is 4.98 Å². The van der Waals surface area contributed by atoms with Gasteiger partial charge in [-0.3, -0.25) is 9.36 Å². The zero-order valence-corrected chi connectivity index (χ0v) is 17.7. The summed E-state index contributed by atoms with van der Waals surface area (Å²) in [5.41, 5.74) is 3.49. The van der Waals surface area contributed by atoms with Crippen LogP contribution in [-0.2, 0) is 10.0 Å². The predicted octanol–water partition coefficient (Wildman–Crippen LogP) is 3.03. The Morgan fingerprint density at radius 2 is 1.79 bits per heavy atom. The molecule has 0 amide bonds. The summed E-state index contributed by atoms with van der Waals surface area (Å²) < 4.78 is 26.5. The molecule has 3 aromatic rings. The van der Waals surface area contributed by atoms with Crippen molar-refractivity contribution in [1.82, 2.24) is 14.3 Å². The van der Waals surface area contributed by atoms with Crippen LogP contribution in [0.5, 0.6) is 0 Å². The van der Waals surface area contributed by atoms with Crippen molar-refractivity contribution in [2.75, 3.05) is 18.6 Å². The standard InChI is InChI=1S/C20H23N3O3S2/c1-14-11-15(2)13-16(12-14)23-19(24)17-7-4-5-8-18(17)22-20(23)27-10-6-9-21-28(3,25)26/h4-5,7-8,11-13,21H,6,9-10H2,1-3H3. The van der Waals surface area contributed by atoms with Gasteiger partial charge in [-0.1, -0.05) is 30.0 Å². The minimum absolute atomic E-state index is 0.104. The molecule has 8 heteroatoms. The number of aromatic nitrogens is 2. The molecule has 0 saturated carbocycles. The molecule has 0 unspecified atom stereocenters. The highest BCUT2D eigenvalue weighted by Crippen LogP contribution is 2.23. The maximum atomic E-state index is 13.2. The van der Waals surface area contributed by atoms with E-state index >= 15 is 0 Å². The Morgan fingerprint density at radius 1 is 1.11 bits per heavy atom. The first-order valence-electron chi connectivity index (χ1n) is 8.92. The summed E-state index contributed by atoms with van der Waals surface area (Å²) in [6.07, 6.45) is 1.77. The van der Waals surface area contributed by atoms with Crippen LogP contribution in [0.3, 0.4) is 0 Å². The van der Waals surface area contributed by atoms with E-state index < -0.39 is 10.0 Å². The molecule has 1 heterocycles. The molecule has 1 N–H and O–H groups in total. The van der Waals surface area contributed by atoms with Crippen LogP contribution in [0.1, 0.15) is 17.5 Å². The zero-order valence-electron chi connectivity index (χ0n) is 16.1. The molecule has 0 saturated heterocycles. The molecular formula is C20H23N3O3S2. The molecular weight excluding hydrogens is 394 g/mol. The second-order valence-electron chi connectivity index (χ2n) is 6.77. The number of hydrogen-bond donors (Lipinski definition) is 1. The van der Waals surface area contributed by atoms with E-state index in [0.717, 1.165) is 23.1 Å². The van der Waals surface area contributed by atoms with Gasteiger partial charge in [0, 0.05) is 12.3 Å². The number of para-hydroxylation sites is 1. The van der Waals surface area contributed by atoms with Gasteiger partial charge in [-0.05, 0) is 55.7 Å². The Kier molecular flexibility index (Phi) is 6.22. The summed E-state index contributed by atoms with van der Waals surface area (Å²) in [5, 5.41) is 1.18. The van der Waals surface area contributed by atoms with Crippen LogP contribution in [-0.4, -0.2) is 36.5 Å². The summed E-state index contributed by atoms with van der Waals surface area (Å²) >= 11 is 1.45. The molecule has 0 aliphatic heterocycles. The second-order valence-corrected chi connectivity index (χ2v) is 9.66. The molecule has 0 radical (unpaired) electrons. The smallest absolute Gasteiger partial charge is 0.266 e. The number of nitrogens with one attached hydrogen (secondary N) is 1. The highest BCUT2D eigenvalue weighted by atomic mass is 32.2. The largest absolute Gasteiger partial charge is 0.268 e. The van der Waals surface area contributed by atoms with E-state index in [1.807, 2.05) is 44.2 Å². The summed E-state index contributed by atoms with van der Waals surface area (Å²) in [5.74, 6) is 0.637. The third kappa shape index (κ3) is 5.01. The fourth-order valence-electron chi connectivity index (χ4n) is 3.01. The van der Waals surface area contributed by atoms with Gasteiger partial charge >= 0.3 is 0 Å². The highest BCUT2D eigenvalue weighted by molar-refractivity contribution is 7.99. The molecule has 0 spiro atoms. The predicted molar refractivity (Wildman–Crippen MR) is 115 cm³/mol. The molecule has 1 aromatic heterocycles. The van der Waals surface area contributed by atoms with Gasteiger partial charge in [0.25, 0.3) is 5.56 Å². The van der Waals surface area contributed by atoms with E-state index in [0.29, 0.717) is 34.8 Å². The molecule has 0 atom stereocenters. The lowest BCUT2D eigenvalue weighted by molar-refractivity contribution is 0.587. The molecule has 6 nitrogen and oxygen atoms in total. The lowest BCUT2D eigenvalue weighted by atomic mass is 10.1. The Hall–Kier alpha value is -2.16. The first-order chi connectivity index (χ1) is 13.2. The Labute approximate surface area is 169 Å². The Balaban J connectivity index is 1.99. The fraction of sp³-hybridized carbons (Fsp3) is 0.300. The minimum atomic E-state index is -3.20. The average molecular weight is 418 g/mol. The molecule has 0 aliphatic carbocycles. The third-order valence-corrected chi connectivity index (χ3v) is 5.88. The van der Waals surface area contributed by atoms with Crippen molar-refractivity contribution in [1.29, 1.82) is 0 Å². The SMILES string of the molecule is Cc1cc(C)cc(-n2c(SCCCNS(C)(=O)=O)nc3ccccc3c2=O)c1. The molecule has 0 fully saturated rings. The maximum absolute atomic E-state index is 13.2. The van der Waals surface area contributed by atoms with Gasteiger partial charge in [0.2, 0.25) is 10.0 Å². The van der Waals surface area contributed by atoms with Crippen LogP contribution in [0.4, 0.5) is 0 Å². The van der Waals surface area contributed by atoms with E-state index in [9.17, 15) is 13.2 Å². The van der Waals surface area contributed by atoms with Crippen molar-refractivity contribution >= 4 is 32.7 Å². The van der Waals surface area contributed by atoms with E-state index in [1.54, 1.807) is 10.6 Å². The lowest BCUT2D eigenvalue weighted by Crippen LogP contribution is -2.24. The first-order valence-corrected chi connectivity index (χ1v) is 11.8. The maximum Gasteiger partial charge on any atom is 0.266 e. The third-order valence-electron chi connectivity index (χ3n) is 4.13. The number of benzene rings is 2. The van der Waals surface area contributed by atoms with Crippen LogP contribution in [0.15, 0.2) is 52.4 Å². The van der Waals surface area contributed by atoms with Crippen LogP contribution in [0.2, 0.25) is 0 Å². The molecule has 28 heavy (non-hydrogen) atoms. The highest BCUT2D eigenvalue weighted by Gasteiger charge is 2.14. The fourth-order valence-corrected chi connectivity index (χ4v) is 4.48. The first kappa shape index (κ1) is 20.6. The van der Waals surface area contributed by atoms with Crippen molar-refractivity contribution < 1.29 is 8.42 Å². The minimum Gasteiger partial charge on any atom is -0.268 e. The van der Waals surface area contributed by atoms with Gasteiger partial charge < -0.3 is 0 Å². The number of fused-ring (bicyclic) bond motifs is 1. The van der Waals surface area contributed by atoms with E-state index in [1.165, 1.54) is 11.8 Å². The number of hydrogen-bond acceptors (Lipinski definition) is 5. The summed E-state index contributed by atoms with van der Waals surface area (Å²) in [6.45, 7) is 4.35. The van der Waals surface area contributed by atoms with Crippen molar-refractivity contribution in [3.05, 3.63) is 63.9 Å². The Morgan fingerprint density at radius 3 is 2.46 bits per heavy atom. The van der Waals surface area contributed by atoms with E-state index in [-0.39, 0.29) is 5.56 Å². The van der Waals surface area contributed by atoms with Crippen molar-refractivity contribution in [3.8, 4) is 5.69 Å². The number of thioether (sulfide) groups is 1. The van der Waals surface area contributed by atoms with Crippen LogP contribution in [0, 0.1) is 13.8 Å². The van der Waals surface area contributed by atoms with Gasteiger partial charge in [0.05, 0.1) is 22.8 Å². The van der Waals surface area contributed by atoms with E-state index in [2.05, 4.69) is 10.8 Å². The number of rotatable bonds is 7. The molecule has 148 valence electrons. The van der Waals surface area contributed by atoms with Gasteiger partial charge in [0.15, 0.2) is 5.16 Å². The second kappa shape index (κ2) is 8.46. The van der Waals surface area contributed by atoms with Crippen LogP contribution < -0.4 is 10.3 Å². The van der Waals surface area contributed by atoms with Gasteiger partial charge in [-0.15, -0.1) is 0 Å². The van der Waals surface area contributed by atoms with Crippen molar-refractivity contribution in [3.63, 3.8) is 0 Å². The quantitative estimate of drug-likeness (QED) is 0.363. The number of sulfonamides is 1. The van der Waals surface area contributed by atoms with Crippen LogP contribution >= 0.6 is 11.8 Å². The average Bonchev–Trinajstić information content (AvgIpc) is 2.60. The topological polar surface area (TPSA) is 81.1 Å². The molecule has 0 aliphatic rings. The van der Waals surface area contributed by atoms with Gasteiger partial charge in [-0.2, -0.15) is 0 Å². The number of nitrogens with zero attached hydrogens (tertiary/aromatic N) is 2. The molecule has 3 rings (SSSR count).